The Balaban J connectivity index is 2.28. The van der Waals surface area contributed by atoms with E-state index < -0.39 is 0 Å². The van der Waals surface area contributed by atoms with Crippen molar-refractivity contribution in [1.29, 1.82) is 0 Å². The van der Waals surface area contributed by atoms with Crippen LogP contribution in [0.1, 0.15) is 32.6 Å². The number of urea groups is 1. The van der Waals surface area contributed by atoms with Crippen molar-refractivity contribution in [2.45, 2.75) is 38.6 Å². The lowest BCUT2D eigenvalue weighted by molar-refractivity contribution is 0.150. The fraction of sp³-hybridized carbons (Fsp3) is 0.909. The zero-order valence-electron chi connectivity index (χ0n) is 9.79. The highest BCUT2D eigenvalue weighted by Gasteiger charge is 2.19. The molecule has 4 nitrogen and oxygen atoms in total. The van der Waals surface area contributed by atoms with Crippen molar-refractivity contribution < 1.29 is 9.53 Å². The van der Waals surface area contributed by atoms with Crippen LogP contribution in [-0.4, -0.2) is 43.8 Å². The molecule has 0 radical (unpaired) electrons. The fourth-order valence-corrected chi connectivity index (χ4v) is 1.94. The van der Waals surface area contributed by atoms with Gasteiger partial charge in [0.2, 0.25) is 0 Å². The average Bonchev–Trinajstić information content (AvgIpc) is 2.71. The van der Waals surface area contributed by atoms with Gasteiger partial charge >= 0.3 is 6.03 Å². The number of rotatable bonds is 5. The van der Waals surface area contributed by atoms with E-state index >= 15 is 0 Å². The summed E-state index contributed by atoms with van der Waals surface area (Å²) in [5.74, 6) is 0. The molecular formula is C11H22N2O2. The Morgan fingerprint density at radius 3 is 2.67 bits per heavy atom. The van der Waals surface area contributed by atoms with Crippen molar-refractivity contribution in [3.8, 4) is 0 Å². The first-order valence-corrected chi connectivity index (χ1v) is 5.82. The zero-order valence-corrected chi connectivity index (χ0v) is 9.79. The third-order valence-electron chi connectivity index (χ3n) is 2.92. The largest absolute Gasteiger partial charge is 0.383 e. The number of nitrogens with one attached hydrogen (secondary N) is 1. The summed E-state index contributed by atoms with van der Waals surface area (Å²) in [4.78, 5) is 13.6. The second kappa shape index (κ2) is 6.67. The average molecular weight is 214 g/mol. The quantitative estimate of drug-likeness (QED) is 0.755. The molecule has 15 heavy (non-hydrogen) atoms. The second-order valence-electron chi connectivity index (χ2n) is 4.00. The molecule has 1 saturated carbocycles. The molecule has 0 bridgehead atoms. The number of amides is 2. The lowest BCUT2D eigenvalue weighted by atomic mass is 10.2. The molecule has 88 valence electrons. The molecule has 1 aliphatic carbocycles. The maximum Gasteiger partial charge on any atom is 0.317 e. The summed E-state index contributed by atoms with van der Waals surface area (Å²) in [5.41, 5.74) is 0. The van der Waals surface area contributed by atoms with Crippen LogP contribution >= 0.6 is 0 Å². The number of carbonyl (C=O) groups is 1. The van der Waals surface area contributed by atoms with Gasteiger partial charge in [0.05, 0.1) is 6.61 Å². The third kappa shape index (κ3) is 4.08. The van der Waals surface area contributed by atoms with Gasteiger partial charge in [0.1, 0.15) is 0 Å². The summed E-state index contributed by atoms with van der Waals surface area (Å²) < 4.78 is 4.97. The van der Waals surface area contributed by atoms with Gasteiger partial charge in [-0.2, -0.15) is 0 Å². The summed E-state index contributed by atoms with van der Waals surface area (Å²) >= 11 is 0. The molecule has 0 atom stereocenters. The maximum atomic E-state index is 11.8. The van der Waals surface area contributed by atoms with Gasteiger partial charge in [-0.1, -0.05) is 12.8 Å². The molecule has 0 heterocycles. The van der Waals surface area contributed by atoms with Gasteiger partial charge in [-0.3, -0.25) is 0 Å². The van der Waals surface area contributed by atoms with Crippen molar-refractivity contribution in [1.82, 2.24) is 10.2 Å². The smallest absolute Gasteiger partial charge is 0.317 e. The number of hydrogen-bond donors (Lipinski definition) is 1. The van der Waals surface area contributed by atoms with Crippen LogP contribution in [-0.2, 0) is 4.74 Å². The van der Waals surface area contributed by atoms with E-state index in [-0.39, 0.29) is 6.03 Å². The Labute approximate surface area is 92.0 Å². The van der Waals surface area contributed by atoms with Crippen molar-refractivity contribution >= 4 is 6.03 Å². The lowest BCUT2D eigenvalue weighted by Crippen LogP contribution is -2.45. The fourth-order valence-electron chi connectivity index (χ4n) is 1.94. The van der Waals surface area contributed by atoms with E-state index in [1.54, 1.807) is 12.0 Å². The first kappa shape index (κ1) is 12.3. The molecule has 2 amide bonds. The van der Waals surface area contributed by atoms with Crippen molar-refractivity contribution in [2.24, 2.45) is 0 Å². The normalized spacial score (nSPS) is 16.7. The van der Waals surface area contributed by atoms with E-state index in [1.807, 2.05) is 6.92 Å². The van der Waals surface area contributed by atoms with Crippen LogP contribution in [0.5, 0.6) is 0 Å². The number of methoxy groups -OCH3 is 1. The van der Waals surface area contributed by atoms with Gasteiger partial charge < -0.3 is 15.0 Å². The number of likely N-dealkylation sites (N-methyl/N-ethyl adjacent to an activating group) is 1. The molecule has 0 unspecified atom stereocenters. The first-order valence-electron chi connectivity index (χ1n) is 5.82. The van der Waals surface area contributed by atoms with Gasteiger partial charge in [0, 0.05) is 26.2 Å². The SMILES string of the molecule is CCN(CCOC)C(=O)NC1CCCC1. The number of ether oxygens (including phenoxy) is 1. The number of carbonyl (C=O) groups excluding carboxylic acids is 1. The van der Waals surface area contributed by atoms with Crippen LogP contribution in [0.2, 0.25) is 0 Å². The summed E-state index contributed by atoms with van der Waals surface area (Å²) in [6.07, 6.45) is 4.76. The van der Waals surface area contributed by atoms with E-state index in [9.17, 15) is 4.79 Å². The molecule has 0 aliphatic heterocycles. The highest BCUT2D eigenvalue weighted by Crippen LogP contribution is 2.17. The molecular weight excluding hydrogens is 192 g/mol. The van der Waals surface area contributed by atoms with E-state index in [1.165, 1.54) is 12.8 Å². The predicted molar refractivity (Wildman–Crippen MR) is 59.9 cm³/mol. The highest BCUT2D eigenvalue weighted by molar-refractivity contribution is 5.74. The molecule has 4 heteroatoms. The van der Waals surface area contributed by atoms with Gasteiger partial charge in [-0.25, -0.2) is 4.79 Å². The van der Waals surface area contributed by atoms with Crippen LogP contribution in [0, 0.1) is 0 Å². The standard InChI is InChI=1S/C11H22N2O2/c1-3-13(8-9-15-2)11(14)12-10-6-4-5-7-10/h10H,3-9H2,1-2H3,(H,12,14). The summed E-state index contributed by atoms with van der Waals surface area (Å²) in [5, 5.41) is 3.07. The zero-order chi connectivity index (χ0) is 11.1. The number of nitrogens with zero attached hydrogens (tertiary/aromatic N) is 1. The minimum atomic E-state index is 0.0569. The topological polar surface area (TPSA) is 41.6 Å². The van der Waals surface area contributed by atoms with Crippen LogP contribution in [0.15, 0.2) is 0 Å². The van der Waals surface area contributed by atoms with E-state index in [4.69, 9.17) is 4.74 Å². The molecule has 0 aromatic rings. The van der Waals surface area contributed by atoms with Crippen molar-refractivity contribution in [3.63, 3.8) is 0 Å². The molecule has 0 saturated heterocycles. The summed E-state index contributed by atoms with van der Waals surface area (Å²) in [7, 11) is 1.66. The van der Waals surface area contributed by atoms with E-state index in [0.29, 0.717) is 19.2 Å². The van der Waals surface area contributed by atoms with Crippen LogP contribution in [0.25, 0.3) is 0 Å². The van der Waals surface area contributed by atoms with Gasteiger partial charge in [-0.15, -0.1) is 0 Å². The lowest BCUT2D eigenvalue weighted by Gasteiger charge is -2.23. The molecule has 1 rings (SSSR count). The molecule has 0 aromatic carbocycles. The molecule has 1 fully saturated rings. The van der Waals surface area contributed by atoms with Crippen LogP contribution in [0.4, 0.5) is 4.79 Å². The highest BCUT2D eigenvalue weighted by atomic mass is 16.5. The monoisotopic (exact) mass is 214 g/mol. The van der Waals surface area contributed by atoms with Crippen LogP contribution in [0.3, 0.4) is 0 Å². The summed E-state index contributed by atoms with van der Waals surface area (Å²) in [6, 6.07) is 0.454. The Morgan fingerprint density at radius 1 is 1.47 bits per heavy atom. The van der Waals surface area contributed by atoms with Crippen molar-refractivity contribution in [2.75, 3.05) is 26.8 Å². The van der Waals surface area contributed by atoms with Gasteiger partial charge in [0.25, 0.3) is 0 Å². The molecule has 1 N–H and O–H groups in total. The second-order valence-corrected chi connectivity index (χ2v) is 4.00. The number of hydrogen-bond acceptors (Lipinski definition) is 2. The van der Waals surface area contributed by atoms with E-state index in [2.05, 4.69) is 5.32 Å². The Kier molecular flexibility index (Phi) is 5.47. The first-order chi connectivity index (χ1) is 7.27. The van der Waals surface area contributed by atoms with Crippen molar-refractivity contribution in [3.05, 3.63) is 0 Å². The third-order valence-corrected chi connectivity index (χ3v) is 2.92. The molecule has 0 aromatic heterocycles. The Hall–Kier alpha value is -0.770. The van der Waals surface area contributed by atoms with Crippen LogP contribution < -0.4 is 5.32 Å². The van der Waals surface area contributed by atoms with Gasteiger partial charge in [-0.05, 0) is 19.8 Å². The Bertz CT molecular complexity index is 191. The molecule has 0 spiro atoms. The minimum Gasteiger partial charge on any atom is -0.383 e. The summed E-state index contributed by atoms with van der Waals surface area (Å²) in [6.45, 7) is 4.00. The van der Waals surface area contributed by atoms with E-state index in [0.717, 1.165) is 19.4 Å². The van der Waals surface area contributed by atoms with Gasteiger partial charge in [0.15, 0.2) is 0 Å². The Morgan fingerprint density at radius 2 is 2.13 bits per heavy atom. The molecule has 1 aliphatic rings. The minimum absolute atomic E-state index is 0.0569. The predicted octanol–water partition coefficient (Wildman–Crippen LogP) is 1.61. The maximum absolute atomic E-state index is 11.8.